The number of thioether (sulfide) groups is 1. The number of nitrogens with zero attached hydrogens (tertiary/aromatic N) is 1. The van der Waals surface area contributed by atoms with Crippen molar-refractivity contribution in [1.82, 2.24) is 5.32 Å². The van der Waals surface area contributed by atoms with Crippen LogP contribution < -0.4 is 10.1 Å². The molecule has 0 bridgehead atoms. The number of rotatable bonds is 5. The van der Waals surface area contributed by atoms with E-state index in [-0.39, 0.29) is 5.91 Å². The van der Waals surface area contributed by atoms with Gasteiger partial charge in [-0.15, -0.1) is 0 Å². The van der Waals surface area contributed by atoms with Crippen molar-refractivity contribution < 1.29 is 9.53 Å². The first-order valence-electron chi connectivity index (χ1n) is 9.39. The van der Waals surface area contributed by atoms with Crippen LogP contribution in [0.5, 0.6) is 5.75 Å². The van der Waals surface area contributed by atoms with Gasteiger partial charge in [0.2, 0.25) is 0 Å². The molecule has 1 fully saturated rings. The molecule has 0 aromatic heterocycles. The Balaban J connectivity index is 1.39. The molecule has 0 radical (unpaired) electrons. The van der Waals surface area contributed by atoms with Crippen LogP contribution in [0.3, 0.4) is 0 Å². The maximum atomic E-state index is 12.3. The van der Waals surface area contributed by atoms with Crippen molar-refractivity contribution in [1.29, 1.82) is 0 Å². The summed E-state index contributed by atoms with van der Waals surface area (Å²) in [6.07, 6.45) is 1.86. The average molecular weight is 526 g/mol. The SMILES string of the molecule is Cc1ccc(N=C2NC(=O)/C(=C/c3ccc(OCc4ccc(I)cc4)cc3)S2)cc1. The normalized spacial score (nSPS) is 16.1. The Morgan fingerprint density at radius 3 is 2.40 bits per heavy atom. The molecule has 0 unspecified atom stereocenters. The van der Waals surface area contributed by atoms with E-state index < -0.39 is 0 Å². The maximum absolute atomic E-state index is 12.3. The van der Waals surface area contributed by atoms with Gasteiger partial charge < -0.3 is 10.1 Å². The van der Waals surface area contributed by atoms with Crippen LogP contribution in [-0.4, -0.2) is 11.1 Å². The van der Waals surface area contributed by atoms with Gasteiger partial charge in [-0.1, -0.05) is 42.0 Å². The molecule has 1 amide bonds. The Labute approximate surface area is 193 Å². The lowest BCUT2D eigenvalue weighted by Gasteiger charge is -2.07. The first-order chi connectivity index (χ1) is 14.5. The number of benzene rings is 3. The molecule has 0 atom stereocenters. The van der Waals surface area contributed by atoms with E-state index in [9.17, 15) is 4.79 Å². The highest BCUT2D eigenvalue weighted by molar-refractivity contribution is 14.1. The minimum absolute atomic E-state index is 0.134. The van der Waals surface area contributed by atoms with Crippen LogP contribution in [0.25, 0.3) is 6.08 Å². The van der Waals surface area contributed by atoms with Gasteiger partial charge in [0.1, 0.15) is 12.4 Å². The van der Waals surface area contributed by atoms with Crippen molar-refractivity contribution in [3.8, 4) is 5.75 Å². The zero-order valence-electron chi connectivity index (χ0n) is 16.3. The van der Waals surface area contributed by atoms with Gasteiger partial charge in [0.25, 0.3) is 5.91 Å². The minimum Gasteiger partial charge on any atom is -0.489 e. The first-order valence-corrected chi connectivity index (χ1v) is 11.3. The Bertz CT molecular complexity index is 1110. The van der Waals surface area contributed by atoms with Gasteiger partial charge in [-0.05, 0) is 94.9 Å². The maximum Gasteiger partial charge on any atom is 0.264 e. The largest absolute Gasteiger partial charge is 0.489 e. The fraction of sp³-hybridized carbons (Fsp3) is 0.0833. The molecule has 4 nitrogen and oxygen atoms in total. The minimum atomic E-state index is -0.134. The van der Waals surface area contributed by atoms with E-state index in [0.29, 0.717) is 16.7 Å². The first kappa shape index (κ1) is 20.7. The standard InChI is InChI=1S/C24H19IN2O2S/c1-16-2-10-20(11-3-16)26-24-27-23(28)22(30-24)14-17-6-12-21(13-7-17)29-15-18-4-8-19(25)9-5-18/h2-14H,15H2,1H3,(H,26,27,28)/b22-14-. The number of nitrogens with one attached hydrogen (secondary N) is 1. The summed E-state index contributed by atoms with van der Waals surface area (Å²) in [7, 11) is 0. The summed E-state index contributed by atoms with van der Waals surface area (Å²) in [4.78, 5) is 17.4. The molecule has 150 valence electrons. The van der Waals surface area contributed by atoms with Crippen molar-refractivity contribution in [2.45, 2.75) is 13.5 Å². The fourth-order valence-electron chi connectivity index (χ4n) is 2.78. The number of ether oxygens (including phenoxy) is 1. The summed E-state index contributed by atoms with van der Waals surface area (Å²) in [5.41, 5.74) is 4.06. The van der Waals surface area contributed by atoms with E-state index in [0.717, 1.165) is 22.6 Å². The van der Waals surface area contributed by atoms with E-state index in [1.807, 2.05) is 61.5 Å². The predicted octanol–water partition coefficient (Wildman–Crippen LogP) is 6.07. The summed E-state index contributed by atoms with van der Waals surface area (Å²) in [5.74, 6) is 0.658. The smallest absolute Gasteiger partial charge is 0.264 e. The molecule has 3 aromatic rings. The fourth-order valence-corrected chi connectivity index (χ4v) is 3.98. The van der Waals surface area contributed by atoms with Gasteiger partial charge in [-0.25, -0.2) is 4.99 Å². The number of hydrogen-bond donors (Lipinski definition) is 1. The van der Waals surface area contributed by atoms with Gasteiger partial charge in [-0.2, -0.15) is 0 Å². The summed E-state index contributed by atoms with van der Waals surface area (Å²) in [6.45, 7) is 2.55. The molecule has 0 saturated carbocycles. The number of aryl methyl sites for hydroxylation is 1. The Morgan fingerprint density at radius 1 is 1.00 bits per heavy atom. The summed E-state index contributed by atoms with van der Waals surface area (Å²) in [6, 6.07) is 23.8. The molecule has 30 heavy (non-hydrogen) atoms. The monoisotopic (exact) mass is 526 g/mol. The Kier molecular flexibility index (Phi) is 6.54. The predicted molar refractivity (Wildman–Crippen MR) is 132 cm³/mol. The van der Waals surface area contributed by atoms with Crippen LogP contribution in [0.4, 0.5) is 5.69 Å². The molecular formula is C24H19IN2O2S. The van der Waals surface area contributed by atoms with Crippen molar-refractivity contribution in [3.05, 3.63) is 98.0 Å². The molecule has 1 N–H and O–H groups in total. The number of aliphatic imine (C=N–C) groups is 1. The number of halogens is 1. The third kappa shape index (κ3) is 5.52. The second kappa shape index (κ2) is 9.49. The highest BCUT2D eigenvalue weighted by Crippen LogP contribution is 2.28. The third-order valence-electron chi connectivity index (χ3n) is 4.41. The van der Waals surface area contributed by atoms with E-state index in [4.69, 9.17) is 4.74 Å². The molecule has 1 aliphatic rings. The molecule has 0 aliphatic carbocycles. The summed E-state index contributed by atoms with van der Waals surface area (Å²) >= 11 is 3.63. The topological polar surface area (TPSA) is 50.7 Å². The molecule has 6 heteroatoms. The van der Waals surface area contributed by atoms with Crippen molar-refractivity contribution >= 4 is 57.2 Å². The lowest BCUT2D eigenvalue weighted by atomic mass is 10.2. The molecule has 3 aromatic carbocycles. The Hall–Kier alpha value is -2.58. The number of amidine groups is 1. The zero-order valence-corrected chi connectivity index (χ0v) is 19.2. The third-order valence-corrected chi connectivity index (χ3v) is 6.04. The van der Waals surface area contributed by atoms with Gasteiger partial charge in [-0.3, -0.25) is 4.79 Å². The van der Waals surface area contributed by atoms with E-state index in [2.05, 4.69) is 57.2 Å². The highest BCUT2D eigenvalue weighted by atomic mass is 127. The highest BCUT2D eigenvalue weighted by Gasteiger charge is 2.23. The molecule has 1 heterocycles. The quantitative estimate of drug-likeness (QED) is 0.325. The second-order valence-corrected chi connectivity index (χ2v) is 9.08. The van der Waals surface area contributed by atoms with Crippen molar-refractivity contribution in [2.75, 3.05) is 0 Å². The van der Waals surface area contributed by atoms with E-state index in [1.165, 1.54) is 20.9 Å². The van der Waals surface area contributed by atoms with Crippen LogP contribution >= 0.6 is 34.4 Å². The van der Waals surface area contributed by atoms with Crippen molar-refractivity contribution in [3.63, 3.8) is 0 Å². The number of carbonyl (C=O) groups excluding carboxylic acids is 1. The van der Waals surface area contributed by atoms with Crippen molar-refractivity contribution in [2.24, 2.45) is 4.99 Å². The zero-order chi connectivity index (χ0) is 20.9. The number of amides is 1. The average Bonchev–Trinajstić information content (AvgIpc) is 3.09. The summed E-state index contributed by atoms with van der Waals surface area (Å²) in [5, 5.41) is 3.41. The van der Waals surface area contributed by atoms with Crippen LogP contribution in [-0.2, 0) is 11.4 Å². The van der Waals surface area contributed by atoms with Crippen LogP contribution in [0, 0.1) is 10.5 Å². The van der Waals surface area contributed by atoms with Crippen LogP contribution in [0.15, 0.2) is 82.7 Å². The van der Waals surface area contributed by atoms with Gasteiger partial charge in [0.05, 0.1) is 10.6 Å². The van der Waals surface area contributed by atoms with E-state index in [1.54, 1.807) is 0 Å². The van der Waals surface area contributed by atoms with Gasteiger partial charge >= 0.3 is 0 Å². The molecule has 1 saturated heterocycles. The second-order valence-electron chi connectivity index (χ2n) is 6.80. The molecular weight excluding hydrogens is 507 g/mol. The Morgan fingerprint density at radius 2 is 1.70 bits per heavy atom. The van der Waals surface area contributed by atoms with Crippen LogP contribution in [0.2, 0.25) is 0 Å². The van der Waals surface area contributed by atoms with Crippen LogP contribution in [0.1, 0.15) is 16.7 Å². The number of carbonyl (C=O) groups is 1. The van der Waals surface area contributed by atoms with Gasteiger partial charge in [0, 0.05) is 3.57 Å². The molecule has 1 aliphatic heterocycles. The molecule has 0 spiro atoms. The molecule has 4 rings (SSSR count). The lowest BCUT2D eigenvalue weighted by molar-refractivity contribution is -0.115. The lowest BCUT2D eigenvalue weighted by Crippen LogP contribution is -2.19. The summed E-state index contributed by atoms with van der Waals surface area (Å²) < 4.78 is 7.05. The number of hydrogen-bond acceptors (Lipinski definition) is 4. The van der Waals surface area contributed by atoms with Gasteiger partial charge in [0.15, 0.2) is 5.17 Å². The van der Waals surface area contributed by atoms with E-state index >= 15 is 0 Å².